The second-order valence-corrected chi connectivity index (χ2v) is 5.48. The van der Waals surface area contributed by atoms with E-state index in [1.54, 1.807) is 42.5 Å². The maximum atomic E-state index is 11.9. The summed E-state index contributed by atoms with van der Waals surface area (Å²) in [6, 6.07) is 12.0. The Morgan fingerprint density at radius 3 is 2.43 bits per heavy atom. The van der Waals surface area contributed by atoms with E-state index in [4.69, 9.17) is 28.9 Å². The molecule has 2 aromatic carbocycles. The van der Waals surface area contributed by atoms with E-state index in [1.165, 1.54) is 0 Å². The van der Waals surface area contributed by atoms with Crippen molar-refractivity contribution in [1.29, 1.82) is 0 Å². The summed E-state index contributed by atoms with van der Waals surface area (Å²) < 4.78 is 0. The lowest BCUT2D eigenvalue weighted by Crippen LogP contribution is -1.96. The quantitative estimate of drug-likeness (QED) is 0.473. The number of aromatic nitrogens is 2. The lowest BCUT2D eigenvalue weighted by molar-refractivity contribution is 1.06. The molecule has 0 bridgehead atoms. The fourth-order valence-electron chi connectivity index (χ4n) is 1.98. The van der Waals surface area contributed by atoms with Crippen molar-refractivity contribution in [2.24, 2.45) is 10.2 Å². The monoisotopic (exact) mass is 347 g/mol. The van der Waals surface area contributed by atoms with Gasteiger partial charge in [-0.25, -0.2) is 0 Å². The molecule has 0 saturated carbocycles. The second-order valence-electron chi connectivity index (χ2n) is 4.70. The molecular weight excluding hydrogens is 337 g/mol. The minimum absolute atomic E-state index is 0.144. The van der Waals surface area contributed by atoms with Gasteiger partial charge in [-0.1, -0.05) is 41.4 Å². The molecule has 0 saturated heterocycles. The van der Waals surface area contributed by atoms with Gasteiger partial charge in [-0.3, -0.25) is 15.0 Å². The van der Waals surface area contributed by atoms with Crippen molar-refractivity contribution >= 4 is 40.3 Å². The Hall–Kier alpha value is -2.57. The Bertz CT molecular complexity index is 928. The highest BCUT2D eigenvalue weighted by atomic mass is 35.5. The summed E-state index contributed by atoms with van der Waals surface area (Å²) in [7, 11) is 0. The van der Waals surface area contributed by atoms with Gasteiger partial charge in [-0.05, 0) is 24.3 Å². The van der Waals surface area contributed by atoms with Crippen LogP contribution in [0.1, 0.15) is 0 Å². The molecular formula is C15H11Cl2N5O. The van der Waals surface area contributed by atoms with Crippen molar-refractivity contribution in [2.75, 3.05) is 5.73 Å². The van der Waals surface area contributed by atoms with Gasteiger partial charge in [-0.15, -0.1) is 10.2 Å². The standard InChI is InChI=1S/C15H11Cl2N5O/c16-10-2-1-3-11(12(10)17)19-21-14-13(20-22-15(14)23)8-4-6-9(18)7-5-8/h1-7H,18H2,(H2,20,22,23). The first-order valence-corrected chi connectivity index (χ1v) is 7.34. The topological polar surface area (TPSA) is 99.4 Å². The third-order valence-electron chi connectivity index (χ3n) is 3.14. The maximum absolute atomic E-state index is 11.9. The summed E-state index contributed by atoms with van der Waals surface area (Å²) in [6.07, 6.45) is 0. The van der Waals surface area contributed by atoms with Crippen LogP contribution in [0.25, 0.3) is 11.3 Å². The zero-order valence-electron chi connectivity index (χ0n) is 11.7. The summed E-state index contributed by atoms with van der Waals surface area (Å²) in [5.41, 5.74) is 7.69. The van der Waals surface area contributed by atoms with Gasteiger partial charge >= 0.3 is 0 Å². The van der Waals surface area contributed by atoms with Crippen LogP contribution in [0.2, 0.25) is 10.0 Å². The first kappa shape index (κ1) is 15.3. The molecule has 3 rings (SSSR count). The number of benzene rings is 2. The van der Waals surface area contributed by atoms with Crippen LogP contribution in [0, 0.1) is 0 Å². The van der Waals surface area contributed by atoms with Gasteiger partial charge in [-0.2, -0.15) is 0 Å². The van der Waals surface area contributed by atoms with E-state index in [1.807, 2.05) is 0 Å². The minimum Gasteiger partial charge on any atom is -0.399 e. The maximum Gasteiger partial charge on any atom is 0.292 e. The zero-order valence-corrected chi connectivity index (χ0v) is 13.2. The molecule has 6 nitrogen and oxygen atoms in total. The highest BCUT2D eigenvalue weighted by Gasteiger charge is 2.12. The summed E-state index contributed by atoms with van der Waals surface area (Å²) >= 11 is 12.0. The molecule has 0 fully saturated rings. The molecule has 0 atom stereocenters. The van der Waals surface area contributed by atoms with Crippen LogP contribution in [0.5, 0.6) is 0 Å². The number of H-pyrrole nitrogens is 2. The highest BCUT2D eigenvalue weighted by Crippen LogP contribution is 2.33. The number of halogens is 2. The third-order valence-corrected chi connectivity index (χ3v) is 3.95. The Morgan fingerprint density at radius 2 is 1.70 bits per heavy atom. The van der Waals surface area contributed by atoms with Gasteiger partial charge in [0.2, 0.25) is 0 Å². The first-order chi connectivity index (χ1) is 11.1. The van der Waals surface area contributed by atoms with Crippen LogP contribution in [0.4, 0.5) is 17.1 Å². The highest BCUT2D eigenvalue weighted by molar-refractivity contribution is 6.43. The summed E-state index contributed by atoms with van der Waals surface area (Å²) in [6.45, 7) is 0. The number of hydrogen-bond acceptors (Lipinski definition) is 4. The van der Waals surface area contributed by atoms with E-state index >= 15 is 0 Å². The average molecular weight is 348 g/mol. The number of nitrogens with two attached hydrogens (primary N) is 1. The predicted molar refractivity (Wildman–Crippen MR) is 91.9 cm³/mol. The van der Waals surface area contributed by atoms with Gasteiger partial charge in [0.15, 0.2) is 5.69 Å². The number of nitrogen functional groups attached to an aromatic ring is 1. The van der Waals surface area contributed by atoms with E-state index in [9.17, 15) is 4.79 Å². The molecule has 0 amide bonds. The Kier molecular flexibility index (Phi) is 4.18. The van der Waals surface area contributed by atoms with Crippen LogP contribution < -0.4 is 11.3 Å². The fourth-order valence-corrected chi connectivity index (χ4v) is 2.31. The largest absolute Gasteiger partial charge is 0.399 e. The number of rotatable bonds is 3. The van der Waals surface area contributed by atoms with Gasteiger partial charge in [0.05, 0.1) is 15.7 Å². The molecule has 0 aliphatic rings. The lowest BCUT2D eigenvalue weighted by Gasteiger charge is -2.00. The van der Waals surface area contributed by atoms with E-state index in [-0.39, 0.29) is 10.7 Å². The van der Waals surface area contributed by atoms with E-state index < -0.39 is 5.56 Å². The molecule has 1 aromatic heterocycles. The van der Waals surface area contributed by atoms with Crippen molar-refractivity contribution in [3.05, 3.63) is 62.9 Å². The molecule has 0 radical (unpaired) electrons. The Labute approximate surface area is 140 Å². The molecule has 3 aromatic rings. The van der Waals surface area contributed by atoms with Gasteiger partial charge < -0.3 is 5.73 Å². The second kappa shape index (κ2) is 6.28. The van der Waals surface area contributed by atoms with Crippen molar-refractivity contribution in [1.82, 2.24) is 10.2 Å². The van der Waals surface area contributed by atoms with Crippen molar-refractivity contribution in [3.8, 4) is 11.3 Å². The molecule has 23 heavy (non-hydrogen) atoms. The number of hydrogen-bond donors (Lipinski definition) is 3. The molecule has 0 unspecified atom stereocenters. The predicted octanol–water partition coefficient (Wildman–Crippen LogP) is 4.67. The van der Waals surface area contributed by atoms with Crippen LogP contribution in [0.15, 0.2) is 57.5 Å². The molecule has 4 N–H and O–H groups in total. The van der Waals surface area contributed by atoms with Crippen molar-refractivity contribution < 1.29 is 0 Å². The molecule has 116 valence electrons. The third kappa shape index (κ3) is 3.13. The number of azo groups is 1. The molecule has 8 heteroatoms. The Morgan fingerprint density at radius 1 is 0.957 bits per heavy atom. The SMILES string of the molecule is Nc1ccc(-c2[nH][nH]c(=O)c2N=Nc2cccc(Cl)c2Cl)cc1. The van der Waals surface area contributed by atoms with E-state index in [2.05, 4.69) is 20.4 Å². The van der Waals surface area contributed by atoms with E-state index in [0.29, 0.717) is 22.1 Å². The van der Waals surface area contributed by atoms with Crippen LogP contribution in [-0.4, -0.2) is 10.2 Å². The van der Waals surface area contributed by atoms with E-state index in [0.717, 1.165) is 5.56 Å². The normalized spacial score (nSPS) is 11.2. The average Bonchev–Trinajstić information content (AvgIpc) is 2.91. The van der Waals surface area contributed by atoms with Gasteiger partial charge in [0, 0.05) is 11.3 Å². The van der Waals surface area contributed by atoms with Crippen molar-refractivity contribution in [2.45, 2.75) is 0 Å². The summed E-state index contributed by atoms with van der Waals surface area (Å²) in [4.78, 5) is 11.9. The zero-order chi connectivity index (χ0) is 16.4. The molecule has 0 aliphatic heterocycles. The first-order valence-electron chi connectivity index (χ1n) is 6.58. The summed E-state index contributed by atoms with van der Waals surface area (Å²) in [5.74, 6) is 0. The van der Waals surface area contributed by atoms with Crippen LogP contribution >= 0.6 is 23.2 Å². The number of nitrogens with zero attached hydrogens (tertiary/aromatic N) is 2. The molecule has 0 spiro atoms. The molecule has 0 aliphatic carbocycles. The Balaban J connectivity index is 2.02. The van der Waals surface area contributed by atoms with Crippen molar-refractivity contribution in [3.63, 3.8) is 0 Å². The van der Waals surface area contributed by atoms with Gasteiger partial charge in [0.1, 0.15) is 5.69 Å². The minimum atomic E-state index is -0.390. The number of anilines is 1. The van der Waals surface area contributed by atoms with Crippen LogP contribution in [0.3, 0.4) is 0 Å². The van der Waals surface area contributed by atoms with Crippen LogP contribution in [-0.2, 0) is 0 Å². The van der Waals surface area contributed by atoms with Gasteiger partial charge in [0.25, 0.3) is 5.56 Å². The number of aromatic amines is 2. The lowest BCUT2D eigenvalue weighted by atomic mass is 10.1. The summed E-state index contributed by atoms with van der Waals surface area (Å²) in [5, 5.41) is 13.9. The smallest absolute Gasteiger partial charge is 0.292 e. The number of nitrogens with one attached hydrogen (secondary N) is 2. The molecule has 1 heterocycles. The fraction of sp³-hybridized carbons (Fsp3) is 0.